The van der Waals surface area contributed by atoms with Gasteiger partial charge in [-0.15, -0.1) is 0 Å². The molecule has 0 rings (SSSR count). The van der Waals surface area contributed by atoms with Crippen LogP contribution in [0.1, 0.15) is 12.8 Å². The Morgan fingerprint density at radius 3 is 1.40 bits per heavy atom. The van der Waals surface area contributed by atoms with Crippen LogP contribution in [-0.4, -0.2) is 29.5 Å². The monoisotopic (exact) mass is 150 g/mol. The average Bonchev–Trinajstić information content (AvgIpc) is 1.82. The molecule has 2 amide bonds. The van der Waals surface area contributed by atoms with Gasteiger partial charge < -0.3 is 21.7 Å². The van der Waals surface area contributed by atoms with Crippen LogP contribution < -0.4 is 11.5 Å². The van der Waals surface area contributed by atoms with Crippen molar-refractivity contribution < 1.29 is 15.0 Å². The minimum Gasteiger partial charge on any atom is -0.396 e. The van der Waals surface area contributed by atoms with Crippen LogP contribution in [0, 0.1) is 0 Å². The zero-order valence-electron chi connectivity index (χ0n) is 5.79. The van der Waals surface area contributed by atoms with Gasteiger partial charge in [0.2, 0.25) is 0 Å². The number of carbonyl (C=O) groups excluding carboxylic acids is 1. The van der Waals surface area contributed by atoms with Crippen LogP contribution in [-0.2, 0) is 0 Å². The first-order valence-corrected chi connectivity index (χ1v) is 2.91. The van der Waals surface area contributed by atoms with Crippen LogP contribution in [0.2, 0.25) is 0 Å². The van der Waals surface area contributed by atoms with Gasteiger partial charge in [-0.25, -0.2) is 4.79 Å². The van der Waals surface area contributed by atoms with Gasteiger partial charge in [0.25, 0.3) is 0 Å². The Kier molecular flexibility index (Phi) is 13.2. The molecule has 0 aliphatic heterocycles. The lowest BCUT2D eigenvalue weighted by Gasteiger charge is -1.85. The Morgan fingerprint density at radius 1 is 1.10 bits per heavy atom. The van der Waals surface area contributed by atoms with Gasteiger partial charge in [0.1, 0.15) is 0 Å². The molecule has 0 aromatic rings. The maximum absolute atomic E-state index is 9.00. The molecular weight excluding hydrogens is 136 g/mol. The highest BCUT2D eigenvalue weighted by Crippen LogP contribution is 1.80. The van der Waals surface area contributed by atoms with Gasteiger partial charge in [-0.05, 0) is 12.8 Å². The smallest absolute Gasteiger partial charge is 0.309 e. The van der Waals surface area contributed by atoms with E-state index >= 15 is 0 Å². The molecule has 6 N–H and O–H groups in total. The van der Waals surface area contributed by atoms with Gasteiger partial charge in [-0.2, -0.15) is 0 Å². The van der Waals surface area contributed by atoms with Crippen molar-refractivity contribution in [1.29, 1.82) is 0 Å². The fraction of sp³-hybridized carbons (Fsp3) is 0.800. The third-order valence-electron chi connectivity index (χ3n) is 0.566. The zero-order chi connectivity index (χ0) is 8.41. The Labute approximate surface area is 59.6 Å². The van der Waals surface area contributed by atoms with E-state index in [1.807, 2.05) is 0 Å². The molecule has 5 nitrogen and oxygen atoms in total. The number of hydrogen-bond donors (Lipinski definition) is 4. The number of urea groups is 1. The Hall–Kier alpha value is -0.810. The van der Waals surface area contributed by atoms with E-state index in [0.717, 1.165) is 12.8 Å². The summed E-state index contributed by atoms with van der Waals surface area (Å²) in [5.74, 6) is 0. The fourth-order valence-electron chi connectivity index (χ4n) is 0.224. The van der Waals surface area contributed by atoms with Gasteiger partial charge in [0.05, 0.1) is 0 Å². The number of carbonyl (C=O) groups is 1. The number of aliphatic hydroxyl groups is 2. The fourth-order valence-corrected chi connectivity index (χ4v) is 0.224. The second-order valence-electron chi connectivity index (χ2n) is 1.56. The van der Waals surface area contributed by atoms with E-state index in [-0.39, 0.29) is 13.2 Å². The number of amides is 2. The van der Waals surface area contributed by atoms with E-state index in [1.54, 1.807) is 0 Å². The third-order valence-corrected chi connectivity index (χ3v) is 0.566. The second-order valence-corrected chi connectivity index (χ2v) is 1.56. The van der Waals surface area contributed by atoms with Gasteiger partial charge in [-0.3, -0.25) is 0 Å². The maximum Gasteiger partial charge on any atom is 0.309 e. The molecule has 0 aromatic carbocycles. The first kappa shape index (κ1) is 11.9. The molecule has 5 heteroatoms. The molecule has 0 saturated heterocycles. The van der Waals surface area contributed by atoms with E-state index in [4.69, 9.17) is 15.0 Å². The molecule has 0 bridgehead atoms. The van der Waals surface area contributed by atoms with Gasteiger partial charge in [0.15, 0.2) is 0 Å². The summed E-state index contributed by atoms with van der Waals surface area (Å²) in [5, 5.41) is 16.2. The molecule has 0 atom stereocenters. The van der Waals surface area contributed by atoms with Crippen LogP contribution in [0.3, 0.4) is 0 Å². The molecule has 0 unspecified atom stereocenters. The number of unbranched alkanes of at least 4 members (excludes halogenated alkanes) is 1. The number of aliphatic hydroxyl groups excluding tert-OH is 2. The molecule has 0 fully saturated rings. The molecule has 0 radical (unpaired) electrons. The molecular formula is C5H14N2O3. The summed E-state index contributed by atoms with van der Waals surface area (Å²) >= 11 is 0. The first-order valence-electron chi connectivity index (χ1n) is 2.91. The van der Waals surface area contributed by atoms with E-state index in [1.165, 1.54) is 0 Å². The lowest BCUT2D eigenvalue weighted by atomic mass is 10.3. The number of rotatable bonds is 3. The van der Waals surface area contributed by atoms with E-state index in [2.05, 4.69) is 11.5 Å². The lowest BCUT2D eigenvalue weighted by molar-refractivity contribution is 0.242. The standard InChI is InChI=1S/C4H10O2.CH4N2O/c5-3-1-2-4-6;2-1(3)4/h5-6H,1-4H2;(H4,2,3,4). The summed E-state index contributed by atoms with van der Waals surface area (Å²) in [4.78, 5) is 9.00. The summed E-state index contributed by atoms with van der Waals surface area (Å²) < 4.78 is 0. The van der Waals surface area contributed by atoms with Gasteiger partial charge in [0, 0.05) is 13.2 Å². The Morgan fingerprint density at radius 2 is 1.30 bits per heavy atom. The normalized spacial score (nSPS) is 7.80. The molecule has 62 valence electrons. The van der Waals surface area contributed by atoms with Crippen molar-refractivity contribution in [3.63, 3.8) is 0 Å². The Bertz CT molecular complexity index is 69.3. The lowest BCUT2D eigenvalue weighted by Crippen LogP contribution is -2.18. The average molecular weight is 150 g/mol. The van der Waals surface area contributed by atoms with Gasteiger partial charge in [-0.1, -0.05) is 0 Å². The molecule has 10 heavy (non-hydrogen) atoms. The molecule has 0 spiro atoms. The van der Waals surface area contributed by atoms with E-state index in [0.29, 0.717) is 0 Å². The number of hydrogen-bond acceptors (Lipinski definition) is 3. The van der Waals surface area contributed by atoms with Crippen molar-refractivity contribution in [1.82, 2.24) is 0 Å². The van der Waals surface area contributed by atoms with Gasteiger partial charge >= 0.3 is 6.03 Å². The Balaban J connectivity index is 0. The number of nitrogens with two attached hydrogens (primary N) is 2. The van der Waals surface area contributed by atoms with Crippen molar-refractivity contribution in [2.45, 2.75) is 12.8 Å². The van der Waals surface area contributed by atoms with Crippen LogP contribution in [0.15, 0.2) is 0 Å². The largest absolute Gasteiger partial charge is 0.396 e. The minimum atomic E-state index is -0.833. The third kappa shape index (κ3) is 57.4. The summed E-state index contributed by atoms with van der Waals surface area (Å²) in [6.07, 6.45) is 1.44. The second kappa shape index (κ2) is 11.0. The first-order chi connectivity index (χ1) is 4.65. The van der Waals surface area contributed by atoms with Crippen LogP contribution >= 0.6 is 0 Å². The van der Waals surface area contributed by atoms with Crippen molar-refractivity contribution in [3.05, 3.63) is 0 Å². The maximum atomic E-state index is 9.00. The predicted octanol–water partition coefficient (Wildman–Crippen LogP) is -1.23. The summed E-state index contributed by atoms with van der Waals surface area (Å²) in [6.45, 7) is 0.390. The molecule has 0 aliphatic rings. The highest BCUT2D eigenvalue weighted by molar-refractivity contribution is 5.69. The quantitative estimate of drug-likeness (QED) is 0.378. The number of primary amides is 2. The van der Waals surface area contributed by atoms with E-state index < -0.39 is 6.03 Å². The highest BCUT2D eigenvalue weighted by Gasteiger charge is 1.77. The van der Waals surface area contributed by atoms with Crippen molar-refractivity contribution in [2.24, 2.45) is 11.5 Å². The van der Waals surface area contributed by atoms with Crippen LogP contribution in [0.5, 0.6) is 0 Å². The molecule has 0 heterocycles. The molecule has 0 saturated carbocycles. The SMILES string of the molecule is NC(N)=O.OCCCCO. The summed E-state index contributed by atoms with van der Waals surface area (Å²) in [6, 6.07) is -0.833. The van der Waals surface area contributed by atoms with Crippen LogP contribution in [0.4, 0.5) is 4.79 Å². The minimum absolute atomic E-state index is 0.195. The van der Waals surface area contributed by atoms with Crippen molar-refractivity contribution in [3.8, 4) is 0 Å². The summed E-state index contributed by atoms with van der Waals surface area (Å²) in [7, 11) is 0. The zero-order valence-corrected chi connectivity index (χ0v) is 5.79. The molecule has 0 aromatic heterocycles. The van der Waals surface area contributed by atoms with Crippen molar-refractivity contribution >= 4 is 6.03 Å². The summed E-state index contributed by atoms with van der Waals surface area (Å²) in [5.41, 5.74) is 8.50. The topological polar surface area (TPSA) is 110 Å². The molecule has 0 aliphatic carbocycles. The predicted molar refractivity (Wildman–Crippen MR) is 37.2 cm³/mol. The highest BCUT2D eigenvalue weighted by atomic mass is 16.3. The van der Waals surface area contributed by atoms with Crippen molar-refractivity contribution in [2.75, 3.05) is 13.2 Å². The van der Waals surface area contributed by atoms with E-state index in [9.17, 15) is 0 Å². The van der Waals surface area contributed by atoms with Crippen LogP contribution in [0.25, 0.3) is 0 Å².